The van der Waals surface area contributed by atoms with Crippen LogP contribution in [0.1, 0.15) is 222 Å². The predicted octanol–water partition coefficient (Wildman–Crippen LogP) is 11.3. The highest BCUT2D eigenvalue weighted by Gasteiger charge is 2.29. The van der Waals surface area contributed by atoms with Crippen molar-refractivity contribution in [1.29, 1.82) is 0 Å². The molecule has 3 atom stereocenters. The molecule has 0 bridgehead atoms. The fraction of sp³-hybridized carbons (Fsp3) is 0.880. The van der Waals surface area contributed by atoms with Gasteiger partial charge in [0.25, 0.3) is 0 Å². The molecule has 0 spiro atoms. The number of ether oxygens (including phenoxy) is 6. The van der Waals surface area contributed by atoms with Gasteiger partial charge >= 0.3 is 43.9 Å². The quantitative estimate of drug-likeness (QED) is 0.0223. The molecular weight excluding hydrogens is 916 g/mol. The smallest absolute Gasteiger partial charge is 0.462 e. The standard InChI is InChI=1S/C50H93N2O16P/c1-9-11-13-15-17-19-21-23-25-27-29-31-43(53)61-37-41(65-45(55)32-30-28-26-24-22-20-18-16-14-12-10-2)39-63-69(59,60)64-40-42(66-46(56)34-36-52-48(58)68-50(6,7)8)38-62-44(54)33-35-51-47(57)67-49(3,4)5/h41-42H,9-40H2,1-8H3,(H,51,57)(H,52,58)(H,59,60)/t41-,42?/m1/s1. The third-order valence-electron chi connectivity index (χ3n) is 10.3. The number of phosphoric ester groups is 1. The lowest BCUT2D eigenvalue weighted by atomic mass is 10.1. The van der Waals surface area contributed by atoms with Crippen LogP contribution in [-0.2, 0) is 61.2 Å². The number of carbonyl (C=O) groups excluding carboxylic acids is 6. The third-order valence-corrected chi connectivity index (χ3v) is 11.2. The molecule has 0 heterocycles. The van der Waals surface area contributed by atoms with E-state index >= 15 is 0 Å². The second-order valence-electron chi connectivity index (χ2n) is 19.6. The molecule has 0 fully saturated rings. The van der Waals surface area contributed by atoms with Crippen LogP contribution in [0.4, 0.5) is 9.59 Å². The molecule has 0 aromatic rings. The fourth-order valence-corrected chi connectivity index (χ4v) is 7.44. The average Bonchev–Trinajstić information content (AvgIpc) is 3.25. The van der Waals surface area contributed by atoms with E-state index in [-0.39, 0.29) is 38.8 Å². The number of esters is 4. The summed E-state index contributed by atoms with van der Waals surface area (Å²) in [6.07, 6.45) is 20.0. The third kappa shape index (κ3) is 45.4. The molecule has 0 aromatic carbocycles. The van der Waals surface area contributed by atoms with Crippen molar-refractivity contribution in [3.8, 4) is 0 Å². The van der Waals surface area contributed by atoms with E-state index in [1.807, 2.05) is 0 Å². The Labute approximate surface area is 414 Å². The molecule has 0 aliphatic rings. The first-order chi connectivity index (χ1) is 32.6. The lowest BCUT2D eigenvalue weighted by molar-refractivity contribution is -0.162. The molecule has 0 radical (unpaired) electrons. The number of phosphoric acid groups is 1. The van der Waals surface area contributed by atoms with E-state index in [9.17, 15) is 38.2 Å². The molecule has 0 aliphatic carbocycles. The summed E-state index contributed by atoms with van der Waals surface area (Å²) in [5.41, 5.74) is -1.53. The number of amides is 2. The Bertz CT molecular complexity index is 1450. The van der Waals surface area contributed by atoms with Gasteiger partial charge in [-0.3, -0.25) is 28.2 Å². The van der Waals surface area contributed by atoms with Crippen molar-refractivity contribution >= 4 is 43.9 Å². The van der Waals surface area contributed by atoms with E-state index in [0.29, 0.717) is 12.8 Å². The largest absolute Gasteiger partial charge is 0.472 e. The summed E-state index contributed by atoms with van der Waals surface area (Å²) in [7, 11) is -4.97. The van der Waals surface area contributed by atoms with Crippen LogP contribution in [0.15, 0.2) is 0 Å². The zero-order chi connectivity index (χ0) is 51.8. The number of hydrogen-bond acceptors (Lipinski definition) is 15. The Kier molecular flexibility index (Phi) is 38.1. The van der Waals surface area contributed by atoms with E-state index in [4.69, 9.17) is 37.5 Å². The van der Waals surface area contributed by atoms with Gasteiger partial charge in [-0.25, -0.2) is 14.2 Å². The summed E-state index contributed by atoms with van der Waals surface area (Å²) in [6, 6.07) is 0. The van der Waals surface area contributed by atoms with Crippen molar-refractivity contribution in [1.82, 2.24) is 10.6 Å². The minimum atomic E-state index is -4.97. The SMILES string of the molecule is CCCCCCCCCCCCCC(=O)OC[C@H](COP(=O)(O)OCC(COC(=O)CCNC(=O)OC(C)(C)C)OC(=O)CCNC(=O)OC(C)(C)C)OC(=O)CCCCCCCCCCCCC. The number of alkyl carbamates (subject to hydrolysis) is 2. The summed E-state index contributed by atoms with van der Waals surface area (Å²) in [5, 5.41) is 4.84. The van der Waals surface area contributed by atoms with Crippen LogP contribution in [0.25, 0.3) is 0 Å². The summed E-state index contributed by atoms with van der Waals surface area (Å²) in [6.45, 7) is 11.7. The van der Waals surface area contributed by atoms with Gasteiger partial charge in [0.2, 0.25) is 0 Å². The molecule has 2 unspecified atom stereocenters. The summed E-state index contributed by atoms with van der Waals surface area (Å²) in [5.74, 6) is -2.76. The maximum absolute atomic E-state index is 13.1. The van der Waals surface area contributed by atoms with Gasteiger partial charge in [-0.05, 0) is 54.4 Å². The van der Waals surface area contributed by atoms with Crippen molar-refractivity contribution in [3.05, 3.63) is 0 Å². The number of unbranched alkanes of at least 4 members (excludes halogenated alkanes) is 20. The lowest BCUT2D eigenvalue weighted by Gasteiger charge is -2.22. The second-order valence-corrected chi connectivity index (χ2v) is 21.0. The molecule has 0 saturated carbocycles. The molecule has 3 N–H and O–H groups in total. The van der Waals surface area contributed by atoms with E-state index in [2.05, 4.69) is 24.5 Å². The molecule has 0 aromatic heterocycles. The minimum absolute atomic E-state index is 0.101. The van der Waals surface area contributed by atoms with Gasteiger partial charge < -0.3 is 43.9 Å². The first kappa shape index (κ1) is 65.5. The van der Waals surface area contributed by atoms with Gasteiger partial charge in [0.1, 0.15) is 24.4 Å². The van der Waals surface area contributed by atoms with E-state index in [0.717, 1.165) is 44.9 Å². The number of hydrogen-bond donors (Lipinski definition) is 3. The van der Waals surface area contributed by atoms with Crippen LogP contribution in [0.5, 0.6) is 0 Å². The van der Waals surface area contributed by atoms with Gasteiger partial charge in [-0.2, -0.15) is 0 Å². The topological polar surface area (TPSA) is 238 Å². The molecule has 0 saturated heterocycles. The summed E-state index contributed by atoms with van der Waals surface area (Å²) >= 11 is 0. The highest BCUT2D eigenvalue weighted by Crippen LogP contribution is 2.43. The summed E-state index contributed by atoms with van der Waals surface area (Å²) < 4.78 is 55.3. The number of nitrogens with one attached hydrogen (secondary N) is 2. The molecule has 69 heavy (non-hydrogen) atoms. The van der Waals surface area contributed by atoms with E-state index in [1.54, 1.807) is 41.5 Å². The van der Waals surface area contributed by atoms with Gasteiger partial charge in [0.05, 0.1) is 26.1 Å². The van der Waals surface area contributed by atoms with Crippen LogP contribution in [0.3, 0.4) is 0 Å². The van der Waals surface area contributed by atoms with E-state index < -0.39 is 93.7 Å². The van der Waals surface area contributed by atoms with Crippen molar-refractivity contribution in [3.63, 3.8) is 0 Å². The Morgan fingerprint density at radius 1 is 0.435 bits per heavy atom. The molecule has 0 aliphatic heterocycles. The number of rotatable bonds is 42. The summed E-state index contributed by atoms with van der Waals surface area (Å²) in [4.78, 5) is 85.5. The van der Waals surface area contributed by atoms with Crippen LogP contribution >= 0.6 is 7.82 Å². The Morgan fingerprint density at radius 2 is 0.725 bits per heavy atom. The van der Waals surface area contributed by atoms with Gasteiger partial charge in [-0.15, -0.1) is 0 Å². The normalized spacial score (nSPS) is 13.3. The van der Waals surface area contributed by atoms with Crippen molar-refractivity contribution in [2.45, 2.75) is 246 Å². The van der Waals surface area contributed by atoms with Crippen molar-refractivity contribution in [2.24, 2.45) is 0 Å². The molecular formula is C50H93N2O16P. The lowest BCUT2D eigenvalue weighted by Crippen LogP contribution is -2.35. The zero-order valence-electron chi connectivity index (χ0n) is 43.8. The highest BCUT2D eigenvalue weighted by atomic mass is 31.2. The monoisotopic (exact) mass is 1010 g/mol. The average molecular weight is 1010 g/mol. The van der Waals surface area contributed by atoms with Crippen LogP contribution in [0.2, 0.25) is 0 Å². The van der Waals surface area contributed by atoms with Crippen LogP contribution < -0.4 is 10.6 Å². The van der Waals surface area contributed by atoms with Crippen LogP contribution in [-0.4, -0.2) is 104 Å². The second kappa shape index (κ2) is 40.2. The molecule has 404 valence electrons. The van der Waals surface area contributed by atoms with Gasteiger partial charge in [0, 0.05) is 25.9 Å². The predicted molar refractivity (Wildman–Crippen MR) is 263 cm³/mol. The molecule has 0 rings (SSSR count). The highest BCUT2D eigenvalue weighted by molar-refractivity contribution is 7.47. The maximum Gasteiger partial charge on any atom is 0.472 e. The van der Waals surface area contributed by atoms with Gasteiger partial charge in [-0.1, -0.05) is 142 Å². The molecule has 2 amide bonds. The van der Waals surface area contributed by atoms with E-state index in [1.165, 1.54) is 83.5 Å². The van der Waals surface area contributed by atoms with Crippen molar-refractivity contribution < 1.29 is 75.7 Å². The van der Waals surface area contributed by atoms with Crippen LogP contribution in [0, 0.1) is 0 Å². The maximum atomic E-state index is 13.1. The number of carbonyl (C=O) groups is 6. The Hall–Kier alpha value is -3.47. The fourth-order valence-electron chi connectivity index (χ4n) is 6.66. The Balaban J connectivity index is 5.43. The minimum Gasteiger partial charge on any atom is -0.462 e. The molecule has 19 heteroatoms. The Morgan fingerprint density at radius 3 is 1.07 bits per heavy atom. The van der Waals surface area contributed by atoms with Gasteiger partial charge in [0.15, 0.2) is 12.2 Å². The van der Waals surface area contributed by atoms with Crippen molar-refractivity contribution in [2.75, 3.05) is 39.5 Å². The molecule has 18 nitrogen and oxygen atoms in total. The zero-order valence-corrected chi connectivity index (χ0v) is 44.7. The first-order valence-electron chi connectivity index (χ1n) is 25.9. The first-order valence-corrected chi connectivity index (χ1v) is 27.4.